The van der Waals surface area contributed by atoms with Crippen molar-refractivity contribution < 1.29 is 18.0 Å². The van der Waals surface area contributed by atoms with Crippen LogP contribution in [0.5, 0.6) is 0 Å². The van der Waals surface area contributed by atoms with Gasteiger partial charge in [-0.2, -0.15) is 13.2 Å². The summed E-state index contributed by atoms with van der Waals surface area (Å²) in [6, 6.07) is 11.4. The fraction of sp³-hybridized carbons (Fsp3) is 0.316. The quantitative estimate of drug-likeness (QED) is 0.260. The molecule has 152 valence electrons. The summed E-state index contributed by atoms with van der Waals surface area (Å²) in [7, 11) is 0. The van der Waals surface area contributed by atoms with Crippen molar-refractivity contribution in [1.82, 2.24) is 10.6 Å². The van der Waals surface area contributed by atoms with Gasteiger partial charge in [0.05, 0.1) is 23.0 Å². The third kappa shape index (κ3) is 6.35. The number of rotatable bonds is 8. The van der Waals surface area contributed by atoms with E-state index >= 15 is 0 Å². The highest BCUT2D eigenvalue weighted by atomic mass is 32.1. The van der Waals surface area contributed by atoms with E-state index in [4.69, 9.17) is 5.73 Å². The number of hydrogen-bond acceptors (Lipinski definition) is 5. The topological polar surface area (TPSA) is 79.2 Å². The average Bonchev–Trinajstić information content (AvgIpc) is 2.66. The van der Waals surface area contributed by atoms with Crippen LogP contribution < -0.4 is 21.7 Å². The molecule has 2 aromatic carbocycles. The van der Waals surface area contributed by atoms with Crippen LogP contribution in [0, 0.1) is 0 Å². The van der Waals surface area contributed by atoms with Gasteiger partial charge in [-0.15, -0.1) is 12.6 Å². The first-order chi connectivity index (χ1) is 13.2. The SMILES string of the molecule is CCC(=O)NCC(NC(S)Nc1ccccc1N)c1cccc(C(F)(F)F)c1. The Morgan fingerprint density at radius 1 is 1.18 bits per heavy atom. The first-order valence-corrected chi connectivity index (χ1v) is 9.21. The van der Waals surface area contributed by atoms with E-state index in [1.165, 1.54) is 6.07 Å². The Balaban J connectivity index is 2.19. The first-order valence-electron chi connectivity index (χ1n) is 8.69. The van der Waals surface area contributed by atoms with E-state index in [-0.39, 0.29) is 18.9 Å². The zero-order valence-corrected chi connectivity index (χ0v) is 16.1. The number of benzene rings is 2. The molecule has 0 aliphatic heterocycles. The lowest BCUT2D eigenvalue weighted by Gasteiger charge is -2.26. The second-order valence-corrected chi connectivity index (χ2v) is 6.65. The van der Waals surface area contributed by atoms with Crippen LogP contribution in [-0.4, -0.2) is 17.9 Å². The van der Waals surface area contributed by atoms with Crippen LogP contribution in [-0.2, 0) is 11.0 Å². The van der Waals surface area contributed by atoms with Crippen molar-refractivity contribution in [3.05, 3.63) is 59.7 Å². The molecule has 0 aromatic heterocycles. The van der Waals surface area contributed by atoms with Crippen LogP contribution in [0.15, 0.2) is 48.5 Å². The molecule has 0 radical (unpaired) electrons. The number of nitrogens with one attached hydrogen (secondary N) is 3. The van der Waals surface area contributed by atoms with Crippen LogP contribution >= 0.6 is 12.6 Å². The average molecular weight is 412 g/mol. The molecular formula is C19H23F3N4OS. The van der Waals surface area contributed by atoms with E-state index < -0.39 is 23.3 Å². The summed E-state index contributed by atoms with van der Waals surface area (Å²) < 4.78 is 39.2. The largest absolute Gasteiger partial charge is 0.416 e. The second-order valence-electron chi connectivity index (χ2n) is 6.13. The number of para-hydroxylation sites is 2. The molecule has 2 unspecified atom stereocenters. The molecule has 9 heteroatoms. The number of carbonyl (C=O) groups excluding carboxylic acids is 1. The van der Waals surface area contributed by atoms with Crippen molar-refractivity contribution in [1.29, 1.82) is 0 Å². The Bertz CT molecular complexity index is 801. The van der Waals surface area contributed by atoms with E-state index in [0.717, 1.165) is 12.1 Å². The Kier molecular flexibility index (Phi) is 7.59. The number of nitrogen functional groups attached to an aromatic ring is 1. The van der Waals surface area contributed by atoms with Crippen LogP contribution in [0.4, 0.5) is 24.5 Å². The summed E-state index contributed by atoms with van der Waals surface area (Å²) >= 11 is 4.42. The fourth-order valence-corrected chi connectivity index (χ4v) is 2.87. The molecule has 0 spiro atoms. The summed E-state index contributed by atoms with van der Waals surface area (Å²) in [5.74, 6) is -0.199. The Morgan fingerprint density at radius 3 is 2.54 bits per heavy atom. The normalized spacial score (nSPS) is 13.6. The maximum Gasteiger partial charge on any atom is 0.416 e. The number of hydrogen-bond donors (Lipinski definition) is 5. The highest BCUT2D eigenvalue weighted by Gasteiger charge is 2.31. The van der Waals surface area contributed by atoms with E-state index in [0.29, 0.717) is 16.9 Å². The van der Waals surface area contributed by atoms with Gasteiger partial charge in [-0.1, -0.05) is 31.2 Å². The standard InChI is InChI=1S/C19H23F3N4OS/c1-2-17(27)24-11-16(12-6-5-7-13(10-12)19(20,21)22)26-18(28)25-15-9-4-3-8-14(15)23/h3-10,16,18,25-26,28H,2,11,23H2,1H3,(H,24,27). The molecule has 0 heterocycles. The maximum absolute atomic E-state index is 13.1. The summed E-state index contributed by atoms with van der Waals surface area (Å²) in [6.45, 7) is 1.81. The molecular weight excluding hydrogens is 389 g/mol. The fourth-order valence-electron chi connectivity index (χ4n) is 2.55. The minimum atomic E-state index is -4.45. The minimum absolute atomic E-state index is 0.108. The third-order valence-corrected chi connectivity index (χ3v) is 4.33. The highest BCUT2D eigenvalue weighted by molar-refractivity contribution is 7.81. The molecule has 0 bridgehead atoms. The number of carbonyl (C=O) groups is 1. The minimum Gasteiger partial charge on any atom is -0.397 e. The van der Waals surface area contributed by atoms with Gasteiger partial charge in [-0.05, 0) is 29.8 Å². The van der Waals surface area contributed by atoms with Gasteiger partial charge >= 0.3 is 6.18 Å². The predicted octanol–water partition coefficient (Wildman–Crippen LogP) is 3.77. The molecule has 0 aliphatic carbocycles. The monoisotopic (exact) mass is 412 g/mol. The Labute approximate surface area is 167 Å². The summed E-state index contributed by atoms with van der Waals surface area (Å²) in [5, 5.41) is 8.83. The lowest BCUT2D eigenvalue weighted by molar-refractivity contribution is -0.137. The summed E-state index contributed by atoms with van der Waals surface area (Å²) in [5.41, 5.74) is 6.04. The number of amides is 1. The van der Waals surface area contributed by atoms with Crippen molar-refractivity contribution in [2.45, 2.75) is 31.1 Å². The van der Waals surface area contributed by atoms with Gasteiger partial charge in [0.1, 0.15) is 5.50 Å². The lowest BCUT2D eigenvalue weighted by atomic mass is 10.0. The van der Waals surface area contributed by atoms with Gasteiger partial charge < -0.3 is 16.4 Å². The number of anilines is 2. The molecule has 5 nitrogen and oxygen atoms in total. The van der Waals surface area contributed by atoms with Crippen molar-refractivity contribution in [2.24, 2.45) is 0 Å². The second kappa shape index (κ2) is 9.70. The number of thiol groups is 1. The van der Waals surface area contributed by atoms with Gasteiger partial charge in [-0.3, -0.25) is 10.1 Å². The van der Waals surface area contributed by atoms with Gasteiger partial charge in [0.2, 0.25) is 5.91 Å². The predicted molar refractivity (Wildman–Crippen MR) is 108 cm³/mol. The van der Waals surface area contributed by atoms with E-state index in [9.17, 15) is 18.0 Å². The molecule has 5 N–H and O–H groups in total. The van der Waals surface area contributed by atoms with Crippen molar-refractivity contribution in [2.75, 3.05) is 17.6 Å². The number of alkyl halides is 3. The van der Waals surface area contributed by atoms with Crippen molar-refractivity contribution >= 4 is 29.9 Å². The molecule has 2 aromatic rings. The molecule has 0 fully saturated rings. The van der Waals surface area contributed by atoms with Crippen LogP contribution in [0.1, 0.15) is 30.5 Å². The molecule has 2 rings (SSSR count). The summed E-state index contributed by atoms with van der Waals surface area (Å²) in [6.07, 6.45) is -4.18. The first kappa shape index (κ1) is 21.9. The number of nitrogens with two attached hydrogens (primary N) is 1. The zero-order valence-electron chi connectivity index (χ0n) is 15.3. The zero-order chi connectivity index (χ0) is 20.7. The van der Waals surface area contributed by atoms with Gasteiger partial charge in [0.25, 0.3) is 0 Å². The van der Waals surface area contributed by atoms with Crippen molar-refractivity contribution in [3.8, 4) is 0 Å². The smallest absolute Gasteiger partial charge is 0.397 e. The lowest BCUT2D eigenvalue weighted by Crippen LogP contribution is -2.41. The van der Waals surface area contributed by atoms with E-state index in [2.05, 4.69) is 28.6 Å². The highest BCUT2D eigenvalue weighted by Crippen LogP contribution is 2.31. The molecule has 1 amide bonds. The summed E-state index contributed by atoms with van der Waals surface area (Å²) in [4.78, 5) is 11.6. The molecule has 0 saturated carbocycles. The van der Waals surface area contributed by atoms with Crippen LogP contribution in [0.3, 0.4) is 0 Å². The Hall–Kier alpha value is -2.39. The third-order valence-electron chi connectivity index (χ3n) is 4.05. The van der Waals surface area contributed by atoms with Crippen LogP contribution in [0.2, 0.25) is 0 Å². The van der Waals surface area contributed by atoms with Crippen molar-refractivity contribution in [3.63, 3.8) is 0 Å². The number of halogens is 3. The molecule has 2 atom stereocenters. The Morgan fingerprint density at radius 2 is 1.89 bits per heavy atom. The molecule has 28 heavy (non-hydrogen) atoms. The van der Waals surface area contributed by atoms with Gasteiger partial charge in [0.15, 0.2) is 0 Å². The van der Waals surface area contributed by atoms with E-state index in [1.807, 2.05) is 0 Å². The molecule has 0 aliphatic rings. The maximum atomic E-state index is 13.1. The van der Waals surface area contributed by atoms with Crippen LogP contribution in [0.25, 0.3) is 0 Å². The van der Waals surface area contributed by atoms with E-state index in [1.54, 1.807) is 37.3 Å². The van der Waals surface area contributed by atoms with Gasteiger partial charge in [-0.25, -0.2) is 0 Å². The van der Waals surface area contributed by atoms with Gasteiger partial charge in [0, 0.05) is 13.0 Å². The molecule has 0 saturated heterocycles.